The van der Waals surface area contributed by atoms with Gasteiger partial charge in [0.15, 0.2) is 12.0 Å². The summed E-state index contributed by atoms with van der Waals surface area (Å²) in [4.78, 5) is 27.2. The smallest absolute Gasteiger partial charge is 0.240 e. The number of nitrogens with one attached hydrogen (secondary N) is 2. The predicted molar refractivity (Wildman–Crippen MR) is 108 cm³/mol. The molecular formula is C19H28N6O5. The molecule has 0 aliphatic carbocycles. The average Bonchev–Trinajstić information content (AvgIpc) is 3.26. The minimum Gasteiger partial charge on any atom is -0.391 e. The first-order chi connectivity index (χ1) is 14.3. The summed E-state index contributed by atoms with van der Waals surface area (Å²) in [6, 6.07) is -1.53. The van der Waals surface area contributed by atoms with E-state index in [1.807, 2.05) is 6.92 Å². The summed E-state index contributed by atoms with van der Waals surface area (Å²) in [6.45, 7) is 4.28. The highest BCUT2D eigenvalue weighted by Gasteiger charge is 2.46. The van der Waals surface area contributed by atoms with Crippen molar-refractivity contribution in [2.75, 3.05) is 18.9 Å². The van der Waals surface area contributed by atoms with E-state index in [0.717, 1.165) is 5.69 Å². The van der Waals surface area contributed by atoms with Crippen LogP contribution in [0, 0.1) is 0 Å². The van der Waals surface area contributed by atoms with Gasteiger partial charge < -0.3 is 30.7 Å². The van der Waals surface area contributed by atoms with Gasteiger partial charge in [0.1, 0.15) is 30.3 Å². The van der Waals surface area contributed by atoms with Gasteiger partial charge in [0.05, 0.1) is 23.9 Å². The molecule has 4 heterocycles. The van der Waals surface area contributed by atoms with Crippen molar-refractivity contribution in [1.29, 1.82) is 0 Å². The lowest BCUT2D eigenvalue weighted by atomic mass is 9.95. The SMILES string of the molecule is CC1C=Nc2c(N[C@H]3O[C@@H](C)[C@H](NC(=O)[C@H]4[C@@H](O)CCN4C)[C@@H](O)[C@@H]3O)ncnc21. The molecule has 30 heavy (non-hydrogen) atoms. The van der Waals surface area contributed by atoms with Crippen LogP contribution >= 0.6 is 0 Å². The Morgan fingerprint density at radius 3 is 2.70 bits per heavy atom. The van der Waals surface area contributed by atoms with E-state index in [2.05, 4.69) is 25.6 Å². The molecule has 3 aliphatic rings. The van der Waals surface area contributed by atoms with Gasteiger partial charge >= 0.3 is 0 Å². The van der Waals surface area contributed by atoms with Gasteiger partial charge in [0.25, 0.3) is 0 Å². The number of likely N-dealkylation sites (N-methyl/N-ethyl adjacent to an activating group) is 1. The van der Waals surface area contributed by atoms with E-state index in [1.54, 1.807) is 25.1 Å². The van der Waals surface area contributed by atoms with Crippen LogP contribution in [0.3, 0.4) is 0 Å². The second-order valence-corrected chi connectivity index (χ2v) is 8.23. The highest BCUT2D eigenvalue weighted by molar-refractivity contribution is 5.84. The molecule has 8 atom stereocenters. The van der Waals surface area contributed by atoms with E-state index in [1.165, 1.54) is 6.33 Å². The number of carbonyl (C=O) groups is 1. The number of likely N-dealkylation sites (tertiary alicyclic amines) is 1. The standard InChI is InChI=1S/C19H28N6O5/c1-8-6-20-13-11(8)21-7-22-17(13)24-19-16(28)15(27)12(9(2)30-19)23-18(29)14-10(26)4-5-25(14)3/h6-10,12,14-16,19,26-28H,4-5H2,1-3H3,(H,23,29)(H,21,22,24)/t8?,9-,10-,12-,14+,15+,16-,19-/m0/s1. The van der Waals surface area contributed by atoms with Crippen LogP contribution in [0.2, 0.25) is 0 Å². The number of aromatic nitrogens is 2. The summed E-state index contributed by atoms with van der Waals surface area (Å²) in [5, 5.41) is 37.1. The molecule has 0 spiro atoms. The Kier molecular flexibility index (Phi) is 5.73. The molecule has 4 rings (SSSR count). The molecule has 0 radical (unpaired) electrons. The first kappa shape index (κ1) is 21.1. The van der Waals surface area contributed by atoms with E-state index in [0.29, 0.717) is 24.5 Å². The maximum Gasteiger partial charge on any atom is 0.240 e. The second kappa shape index (κ2) is 8.16. The van der Waals surface area contributed by atoms with Crippen LogP contribution in [0.4, 0.5) is 11.5 Å². The molecule has 1 aromatic rings. The molecule has 1 amide bonds. The fraction of sp³-hybridized carbons (Fsp3) is 0.684. The minimum absolute atomic E-state index is 0.0638. The van der Waals surface area contributed by atoms with Gasteiger partial charge in [-0.1, -0.05) is 6.92 Å². The number of hydrogen-bond acceptors (Lipinski definition) is 10. The van der Waals surface area contributed by atoms with Gasteiger partial charge in [-0.25, -0.2) is 9.97 Å². The number of rotatable bonds is 4. The molecule has 2 fully saturated rings. The summed E-state index contributed by atoms with van der Waals surface area (Å²) < 4.78 is 5.87. The van der Waals surface area contributed by atoms with Crippen molar-refractivity contribution in [3.05, 3.63) is 12.0 Å². The monoisotopic (exact) mass is 420 g/mol. The van der Waals surface area contributed by atoms with Gasteiger partial charge in [-0.2, -0.15) is 0 Å². The van der Waals surface area contributed by atoms with Crippen LogP contribution in [0.1, 0.15) is 31.9 Å². The molecule has 11 nitrogen and oxygen atoms in total. The van der Waals surface area contributed by atoms with E-state index >= 15 is 0 Å². The fourth-order valence-corrected chi connectivity index (χ4v) is 4.29. The summed E-state index contributed by atoms with van der Waals surface area (Å²) in [5.74, 6) is 0.0636. The van der Waals surface area contributed by atoms with Gasteiger partial charge in [-0.3, -0.25) is 14.7 Å². The average molecular weight is 420 g/mol. The Bertz CT molecular complexity index is 828. The van der Waals surface area contributed by atoms with Crippen LogP contribution in [-0.2, 0) is 9.53 Å². The van der Waals surface area contributed by atoms with Crippen LogP contribution in [0.25, 0.3) is 0 Å². The highest BCUT2D eigenvalue weighted by atomic mass is 16.5. The first-order valence-corrected chi connectivity index (χ1v) is 10.1. The zero-order valence-electron chi connectivity index (χ0n) is 17.1. The number of nitrogens with zero attached hydrogens (tertiary/aromatic N) is 4. The molecule has 0 aromatic carbocycles. The molecule has 3 aliphatic heterocycles. The summed E-state index contributed by atoms with van der Waals surface area (Å²) >= 11 is 0. The number of amides is 1. The first-order valence-electron chi connectivity index (χ1n) is 10.1. The minimum atomic E-state index is -1.33. The highest BCUT2D eigenvalue weighted by Crippen LogP contribution is 2.36. The number of aliphatic hydroxyl groups is 3. The Labute approximate surface area is 174 Å². The number of carbonyl (C=O) groups excluding carboxylic acids is 1. The van der Waals surface area contributed by atoms with Crippen molar-refractivity contribution in [3.63, 3.8) is 0 Å². The number of ether oxygens (including phenoxy) is 1. The maximum atomic E-state index is 12.7. The molecule has 11 heteroatoms. The summed E-state index contributed by atoms with van der Waals surface area (Å²) in [5.41, 5.74) is 1.35. The Hall–Kier alpha value is -2.18. The normalized spacial score (nSPS) is 38.5. The van der Waals surface area contributed by atoms with Crippen LogP contribution in [0.15, 0.2) is 11.3 Å². The summed E-state index contributed by atoms with van der Waals surface area (Å²) in [7, 11) is 1.76. The van der Waals surface area contributed by atoms with Crippen molar-refractivity contribution in [1.82, 2.24) is 20.2 Å². The van der Waals surface area contributed by atoms with Crippen LogP contribution < -0.4 is 10.6 Å². The van der Waals surface area contributed by atoms with Crippen molar-refractivity contribution in [2.45, 2.75) is 68.9 Å². The zero-order valence-corrected chi connectivity index (χ0v) is 17.1. The van der Waals surface area contributed by atoms with Gasteiger partial charge in [0.2, 0.25) is 5.91 Å². The zero-order chi connectivity index (χ0) is 21.6. The van der Waals surface area contributed by atoms with Crippen molar-refractivity contribution in [3.8, 4) is 0 Å². The van der Waals surface area contributed by atoms with Crippen LogP contribution in [0.5, 0.6) is 0 Å². The number of fused-ring (bicyclic) bond motifs is 1. The van der Waals surface area contributed by atoms with Crippen molar-refractivity contribution < 1.29 is 24.9 Å². The third-order valence-electron chi connectivity index (χ3n) is 6.08. The Morgan fingerprint density at radius 1 is 1.23 bits per heavy atom. The molecule has 2 saturated heterocycles. The van der Waals surface area contributed by atoms with Crippen molar-refractivity contribution >= 4 is 23.6 Å². The molecule has 5 N–H and O–H groups in total. The second-order valence-electron chi connectivity index (χ2n) is 8.23. The number of aliphatic imine (C=N–C) groups is 1. The quantitative estimate of drug-likeness (QED) is 0.401. The molecule has 1 aromatic heterocycles. The lowest BCUT2D eigenvalue weighted by Gasteiger charge is -2.42. The molecule has 0 saturated carbocycles. The Morgan fingerprint density at radius 2 is 2.00 bits per heavy atom. The molecule has 1 unspecified atom stereocenters. The predicted octanol–water partition coefficient (Wildman–Crippen LogP) is -1.28. The van der Waals surface area contributed by atoms with Gasteiger partial charge in [-0.05, 0) is 20.4 Å². The van der Waals surface area contributed by atoms with Crippen molar-refractivity contribution in [2.24, 2.45) is 4.99 Å². The topological polar surface area (TPSA) is 152 Å². The number of anilines is 1. The van der Waals surface area contributed by atoms with E-state index in [9.17, 15) is 20.1 Å². The lowest BCUT2D eigenvalue weighted by molar-refractivity contribution is -0.173. The maximum absolute atomic E-state index is 12.7. The van der Waals surface area contributed by atoms with Gasteiger partial charge in [0, 0.05) is 18.7 Å². The van der Waals surface area contributed by atoms with E-state index < -0.39 is 48.6 Å². The third-order valence-corrected chi connectivity index (χ3v) is 6.08. The van der Waals surface area contributed by atoms with Crippen LogP contribution in [-0.4, -0.2) is 98.6 Å². The van der Waals surface area contributed by atoms with E-state index in [4.69, 9.17) is 4.74 Å². The Balaban J connectivity index is 1.45. The molecular weight excluding hydrogens is 392 g/mol. The fourth-order valence-electron chi connectivity index (χ4n) is 4.29. The lowest BCUT2D eigenvalue weighted by Crippen LogP contribution is -2.65. The summed E-state index contributed by atoms with van der Waals surface area (Å²) in [6.07, 6.45) is -1.25. The molecule has 164 valence electrons. The number of aliphatic hydroxyl groups excluding tert-OH is 3. The van der Waals surface area contributed by atoms with E-state index in [-0.39, 0.29) is 5.92 Å². The number of hydrogen-bond donors (Lipinski definition) is 5. The molecule has 0 bridgehead atoms. The van der Waals surface area contributed by atoms with Gasteiger partial charge in [-0.15, -0.1) is 0 Å². The largest absolute Gasteiger partial charge is 0.391 e. The third kappa shape index (κ3) is 3.67.